The van der Waals surface area contributed by atoms with Gasteiger partial charge in [-0.2, -0.15) is 5.10 Å². The first kappa shape index (κ1) is 26.5. The number of benzene rings is 2. The molecule has 1 amide bonds. The first-order valence-corrected chi connectivity index (χ1v) is 12.9. The van der Waals surface area contributed by atoms with Gasteiger partial charge in [-0.05, 0) is 50.7 Å². The molecule has 1 aliphatic rings. The van der Waals surface area contributed by atoms with Crippen LogP contribution in [0.3, 0.4) is 0 Å². The first-order chi connectivity index (χ1) is 17.4. The average molecular weight is 531 g/mol. The third kappa shape index (κ3) is 6.03. The molecule has 7 nitrogen and oxygen atoms in total. The van der Waals surface area contributed by atoms with Crippen LogP contribution in [0.1, 0.15) is 28.0 Å². The molecule has 1 saturated heterocycles. The van der Waals surface area contributed by atoms with Crippen molar-refractivity contribution in [2.45, 2.75) is 19.9 Å². The van der Waals surface area contributed by atoms with E-state index in [1.165, 1.54) is 0 Å². The second-order valence-electron chi connectivity index (χ2n) is 9.13. The van der Waals surface area contributed by atoms with Crippen molar-refractivity contribution < 1.29 is 9.53 Å². The highest BCUT2D eigenvalue weighted by molar-refractivity contribution is 6.42. The van der Waals surface area contributed by atoms with Gasteiger partial charge in [0.25, 0.3) is 5.91 Å². The number of nitrogens with zero attached hydrogens (tertiary/aromatic N) is 5. The van der Waals surface area contributed by atoms with Crippen LogP contribution in [0, 0.1) is 6.92 Å². The van der Waals surface area contributed by atoms with Gasteiger partial charge in [-0.25, -0.2) is 4.68 Å². The van der Waals surface area contributed by atoms with Gasteiger partial charge in [0.05, 0.1) is 28.0 Å². The minimum Gasteiger partial charge on any atom is -0.385 e. The van der Waals surface area contributed by atoms with Gasteiger partial charge in [0.1, 0.15) is 5.82 Å². The molecule has 1 fully saturated rings. The Morgan fingerprint density at radius 1 is 1.06 bits per heavy atom. The number of para-hydroxylation sites is 1. The summed E-state index contributed by atoms with van der Waals surface area (Å²) in [5.74, 6) is 0.950. The highest BCUT2D eigenvalue weighted by Gasteiger charge is 2.27. The zero-order valence-electron chi connectivity index (χ0n) is 21.1. The fourth-order valence-electron chi connectivity index (χ4n) is 4.48. The van der Waals surface area contributed by atoms with Gasteiger partial charge in [-0.3, -0.25) is 4.79 Å². The molecule has 9 heteroatoms. The first-order valence-electron chi connectivity index (χ1n) is 12.2. The summed E-state index contributed by atoms with van der Waals surface area (Å²) in [4.78, 5) is 20.2. The van der Waals surface area contributed by atoms with E-state index >= 15 is 0 Å². The number of hydrogen-bond donors (Lipinski definition) is 0. The molecule has 0 bridgehead atoms. The molecule has 192 valence electrons. The monoisotopic (exact) mass is 529 g/mol. The Balaban J connectivity index is 1.73. The number of carbonyl (C=O) groups excluding carboxylic acids is 1. The molecule has 0 spiro atoms. The largest absolute Gasteiger partial charge is 0.385 e. The fraction of sp³-hybridized carbons (Fsp3) is 0.407. The van der Waals surface area contributed by atoms with E-state index in [1.807, 2.05) is 34.7 Å². The lowest BCUT2D eigenvalue weighted by molar-refractivity contribution is 0.0723. The lowest BCUT2D eigenvalue weighted by Gasteiger charge is -2.35. The fourth-order valence-corrected chi connectivity index (χ4v) is 4.78. The summed E-state index contributed by atoms with van der Waals surface area (Å²) < 4.78 is 7.29. The number of methoxy groups -OCH3 is 1. The maximum absolute atomic E-state index is 13.7. The molecule has 0 unspecified atom stereocenters. The topological polar surface area (TPSA) is 53.8 Å². The van der Waals surface area contributed by atoms with E-state index in [2.05, 4.69) is 29.0 Å². The summed E-state index contributed by atoms with van der Waals surface area (Å²) >= 11 is 12.3. The molecule has 1 aromatic heterocycles. The van der Waals surface area contributed by atoms with Crippen molar-refractivity contribution >= 4 is 34.9 Å². The molecule has 3 aromatic rings. The second-order valence-corrected chi connectivity index (χ2v) is 9.94. The molecule has 36 heavy (non-hydrogen) atoms. The number of likely N-dealkylation sites (N-methyl/N-ethyl adjacent to an activating group) is 1. The maximum Gasteiger partial charge on any atom is 0.254 e. The molecule has 4 rings (SSSR count). The van der Waals surface area contributed by atoms with Crippen LogP contribution in [-0.2, 0) is 11.3 Å². The SMILES string of the molecule is COCCCN(Cc1c(C)nn(-c2ccccc2)c1N1CCN(C)CC1)C(=O)c1ccc(Cl)c(Cl)c1. The van der Waals surface area contributed by atoms with E-state index in [-0.39, 0.29) is 5.91 Å². The van der Waals surface area contributed by atoms with E-state index in [1.54, 1.807) is 25.3 Å². The Hall–Kier alpha value is -2.58. The summed E-state index contributed by atoms with van der Waals surface area (Å²) in [6.45, 7) is 7.30. The molecule has 0 N–H and O–H groups in total. The second kappa shape index (κ2) is 12.1. The minimum absolute atomic E-state index is 0.0964. The molecule has 2 aromatic carbocycles. The summed E-state index contributed by atoms with van der Waals surface area (Å²) in [6, 6.07) is 15.2. The highest BCUT2D eigenvalue weighted by Crippen LogP contribution is 2.30. The normalized spacial score (nSPS) is 14.3. The number of piperazine rings is 1. The number of amides is 1. The van der Waals surface area contributed by atoms with Gasteiger partial charge < -0.3 is 19.4 Å². The van der Waals surface area contributed by atoms with E-state index in [0.29, 0.717) is 35.3 Å². The third-order valence-corrected chi connectivity index (χ3v) is 7.28. The van der Waals surface area contributed by atoms with Crippen LogP contribution >= 0.6 is 23.2 Å². The van der Waals surface area contributed by atoms with Gasteiger partial charge >= 0.3 is 0 Å². The number of hydrogen-bond acceptors (Lipinski definition) is 5. The Morgan fingerprint density at radius 2 is 1.78 bits per heavy atom. The summed E-state index contributed by atoms with van der Waals surface area (Å²) in [5, 5.41) is 5.74. The van der Waals surface area contributed by atoms with Gasteiger partial charge in [0.2, 0.25) is 0 Å². The number of aryl methyl sites for hydroxylation is 1. The smallest absolute Gasteiger partial charge is 0.254 e. The maximum atomic E-state index is 13.7. The van der Waals surface area contributed by atoms with Crippen LogP contribution in [0.2, 0.25) is 10.0 Å². The van der Waals surface area contributed by atoms with Gasteiger partial charge in [0, 0.05) is 57.6 Å². The van der Waals surface area contributed by atoms with Crippen molar-refractivity contribution in [2.24, 2.45) is 0 Å². The zero-order valence-corrected chi connectivity index (χ0v) is 22.6. The lowest BCUT2D eigenvalue weighted by atomic mass is 10.1. The molecule has 0 saturated carbocycles. The van der Waals surface area contributed by atoms with Crippen molar-refractivity contribution in [3.05, 3.63) is 75.4 Å². The van der Waals surface area contributed by atoms with E-state index in [9.17, 15) is 4.79 Å². The van der Waals surface area contributed by atoms with Crippen molar-refractivity contribution in [1.29, 1.82) is 0 Å². The summed E-state index contributed by atoms with van der Waals surface area (Å²) in [5.41, 5.74) is 3.47. The van der Waals surface area contributed by atoms with E-state index < -0.39 is 0 Å². The Morgan fingerprint density at radius 3 is 2.44 bits per heavy atom. The minimum atomic E-state index is -0.0964. The zero-order chi connectivity index (χ0) is 25.7. The van der Waals surface area contributed by atoms with E-state index in [0.717, 1.165) is 55.4 Å². The molecule has 0 aliphatic carbocycles. The van der Waals surface area contributed by atoms with Gasteiger partial charge in [-0.1, -0.05) is 41.4 Å². The number of rotatable bonds is 9. The van der Waals surface area contributed by atoms with Crippen LogP contribution in [0.25, 0.3) is 5.69 Å². The van der Waals surface area contributed by atoms with Crippen LogP contribution in [0.4, 0.5) is 5.82 Å². The number of aromatic nitrogens is 2. The van der Waals surface area contributed by atoms with Crippen LogP contribution in [-0.4, -0.2) is 79.0 Å². The van der Waals surface area contributed by atoms with E-state index in [4.69, 9.17) is 33.0 Å². The Labute approximate surface area is 223 Å². The van der Waals surface area contributed by atoms with Crippen molar-refractivity contribution in [2.75, 3.05) is 58.4 Å². The van der Waals surface area contributed by atoms with Gasteiger partial charge in [0.15, 0.2) is 0 Å². The molecule has 0 atom stereocenters. The van der Waals surface area contributed by atoms with Crippen molar-refractivity contribution in [1.82, 2.24) is 19.6 Å². The van der Waals surface area contributed by atoms with Crippen LogP contribution < -0.4 is 4.90 Å². The Kier molecular flexibility index (Phi) is 8.90. The number of anilines is 1. The number of halogens is 2. The average Bonchev–Trinajstić information content (AvgIpc) is 3.21. The highest BCUT2D eigenvalue weighted by atomic mass is 35.5. The molecular weight excluding hydrogens is 497 g/mol. The molecule has 1 aliphatic heterocycles. The van der Waals surface area contributed by atoms with Gasteiger partial charge in [-0.15, -0.1) is 0 Å². The molecular formula is C27H33Cl2N5O2. The third-order valence-electron chi connectivity index (χ3n) is 6.54. The predicted molar refractivity (Wildman–Crippen MR) is 146 cm³/mol. The summed E-state index contributed by atoms with van der Waals surface area (Å²) in [7, 11) is 3.82. The van der Waals surface area contributed by atoms with Crippen LogP contribution in [0.15, 0.2) is 48.5 Å². The predicted octanol–water partition coefficient (Wildman–Crippen LogP) is 4.92. The van der Waals surface area contributed by atoms with Crippen molar-refractivity contribution in [3.8, 4) is 5.69 Å². The van der Waals surface area contributed by atoms with Crippen LogP contribution in [0.5, 0.6) is 0 Å². The lowest BCUT2D eigenvalue weighted by Crippen LogP contribution is -2.45. The quantitative estimate of drug-likeness (QED) is 0.368. The molecule has 2 heterocycles. The molecule has 0 radical (unpaired) electrons. The standard InChI is InChI=1S/C27H33Cl2N5O2/c1-20-23(19-33(12-7-17-36-3)27(35)21-10-11-24(28)25(29)18-21)26(32-15-13-31(2)14-16-32)34(30-20)22-8-5-4-6-9-22/h4-6,8-11,18H,7,12-17,19H2,1-3H3. The Bertz CT molecular complexity index is 1180. The summed E-state index contributed by atoms with van der Waals surface area (Å²) in [6.07, 6.45) is 0.722. The van der Waals surface area contributed by atoms with Crippen molar-refractivity contribution in [3.63, 3.8) is 0 Å². The number of ether oxygens (including phenoxy) is 1. The number of carbonyl (C=O) groups is 1.